The van der Waals surface area contributed by atoms with E-state index in [-0.39, 0.29) is 11.3 Å². The van der Waals surface area contributed by atoms with E-state index in [9.17, 15) is 19.2 Å². The predicted octanol–water partition coefficient (Wildman–Crippen LogP) is 1.02. The van der Waals surface area contributed by atoms with Crippen LogP contribution in [0.2, 0.25) is 0 Å². The zero-order chi connectivity index (χ0) is 18.7. The summed E-state index contributed by atoms with van der Waals surface area (Å²) in [5.74, 6) is -1.82. The highest BCUT2D eigenvalue weighted by atomic mass is 16.2. The Kier molecular flexibility index (Phi) is 4.66. The topological polar surface area (TPSA) is 122 Å². The molecule has 2 aromatic carbocycles. The summed E-state index contributed by atoms with van der Waals surface area (Å²) < 4.78 is 0. The molecule has 0 spiro atoms. The van der Waals surface area contributed by atoms with E-state index < -0.39 is 36.3 Å². The molecule has 1 fully saturated rings. The van der Waals surface area contributed by atoms with Gasteiger partial charge in [-0.25, -0.2) is 4.79 Å². The Balaban J connectivity index is 1.71. The number of para-hydroxylation sites is 1. The summed E-state index contributed by atoms with van der Waals surface area (Å²) in [4.78, 5) is 49.0. The number of carbonyl (C=O) groups is 4. The third kappa shape index (κ3) is 3.39. The van der Waals surface area contributed by atoms with Crippen LogP contribution >= 0.6 is 0 Å². The molecule has 1 unspecified atom stereocenters. The first-order chi connectivity index (χ1) is 12.5. The van der Waals surface area contributed by atoms with Crippen LogP contribution in [0, 0.1) is 0 Å². The SMILES string of the molecule is NC(=O)c1ccccc1NC(=O)CN1C(=O)NC(c2ccccc2)C1=O. The van der Waals surface area contributed by atoms with E-state index in [4.69, 9.17) is 5.73 Å². The van der Waals surface area contributed by atoms with Gasteiger partial charge in [0.15, 0.2) is 0 Å². The van der Waals surface area contributed by atoms with E-state index in [1.54, 1.807) is 42.5 Å². The lowest BCUT2D eigenvalue weighted by atomic mass is 10.1. The second-order valence-electron chi connectivity index (χ2n) is 5.68. The molecule has 0 radical (unpaired) electrons. The van der Waals surface area contributed by atoms with E-state index in [2.05, 4.69) is 10.6 Å². The van der Waals surface area contributed by atoms with Gasteiger partial charge in [-0.3, -0.25) is 19.3 Å². The summed E-state index contributed by atoms with van der Waals surface area (Å²) in [5.41, 5.74) is 6.25. The minimum atomic E-state index is -0.825. The van der Waals surface area contributed by atoms with Crippen molar-refractivity contribution in [1.82, 2.24) is 10.2 Å². The number of nitrogens with one attached hydrogen (secondary N) is 2. The van der Waals surface area contributed by atoms with E-state index in [1.807, 2.05) is 0 Å². The molecule has 0 aliphatic carbocycles. The summed E-state index contributed by atoms with van der Waals surface area (Å²) in [6, 6.07) is 13.5. The van der Waals surface area contributed by atoms with Crippen LogP contribution in [0.25, 0.3) is 0 Å². The Hall–Kier alpha value is -3.68. The summed E-state index contributed by atoms with van der Waals surface area (Å²) in [6.45, 7) is -0.471. The van der Waals surface area contributed by atoms with Crippen molar-refractivity contribution >= 4 is 29.4 Å². The van der Waals surface area contributed by atoms with Gasteiger partial charge in [-0.1, -0.05) is 42.5 Å². The second-order valence-corrected chi connectivity index (χ2v) is 5.68. The summed E-state index contributed by atoms with van der Waals surface area (Å²) in [5, 5.41) is 5.05. The number of hydrogen-bond acceptors (Lipinski definition) is 4. The molecule has 3 rings (SSSR count). The summed E-state index contributed by atoms with van der Waals surface area (Å²) >= 11 is 0. The standard InChI is InChI=1S/C18H16N4O4/c19-16(24)12-8-4-5-9-13(12)20-14(23)10-22-17(25)15(21-18(22)26)11-6-2-1-3-7-11/h1-9,15H,10H2,(H2,19,24)(H,20,23)(H,21,26). The van der Waals surface area contributed by atoms with Gasteiger partial charge in [-0.15, -0.1) is 0 Å². The third-order valence-electron chi connectivity index (χ3n) is 3.93. The number of nitrogens with zero attached hydrogens (tertiary/aromatic N) is 1. The molecular weight excluding hydrogens is 336 g/mol. The fourth-order valence-corrected chi connectivity index (χ4v) is 2.68. The van der Waals surface area contributed by atoms with Crippen LogP contribution in [0.4, 0.5) is 10.5 Å². The maximum absolute atomic E-state index is 12.5. The van der Waals surface area contributed by atoms with Crippen LogP contribution in [-0.2, 0) is 9.59 Å². The molecule has 1 aliphatic heterocycles. The molecule has 4 N–H and O–H groups in total. The van der Waals surface area contributed by atoms with E-state index in [1.165, 1.54) is 12.1 Å². The first-order valence-electron chi connectivity index (χ1n) is 7.83. The average Bonchev–Trinajstić information content (AvgIpc) is 2.91. The smallest absolute Gasteiger partial charge is 0.325 e. The second kappa shape index (κ2) is 7.06. The molecule has 1 saturated heterocycles. The molecule has 2 aromatic rings. The maximum atomic E-state index is 12.5. The number of carbonyl (C=O) groups excluding carboxylic acids is 4. The monoisotopic (exact) mass is 352 g/mol. The Labute approximate surface area is 149 Å². The highest BCUT2D eigenvalue weighted by molar-refractivity contribution is 6.09. The highest BCUT2D eigenvalue weighted by Gasteiger charge is 2.39. The van der Waals surface area contributed by atoms with Crippen molar-refractivity contribution in [3.63, 3.8) is 0 Å². The quantitative estimate of drug-likeness (QED) is 0.695. The molecule has 1 atom stereocenters. The molecular formula is C18H16N4O4. The number of nitrogens with two attached hydrogens (primary N) is 1. The molecule has 5 amide bonds. The van der Waals surface area contributed by atoms with E-state index in [0.717, 1.165) is 4.90 Å². The van der Waals surface area contributed by atoms with Gasteiger partial charge in [0, 0.05) is 0 Å². The van der Waals surface area contributed by atoms with Crippen molar-refractivity contribution < 1.29 is 19.2 Å². The zero-order valence-corrected chi connectivity index (χ0v) is 13.6. The highest BCUT2D eigenvalue weighted by Crippen LogP contribution is 2.22. The first kappa shape index (κ1) is 17.2. The first-order valence-corrected chi connectivity index (χ1v) is 7.83. The molecule has 0 aromatic heterocycles. The molecule has 0 saturated carbocycles. The predicted molar refractivity (Wildman–Crippen MR) is 93.0 cm³/mol. The van der Waals surface area contributed by atoms with Gasteiger partial charge >= 0.3 is 6.03 Å². The van der Waals surface area contributed by atoms with Gasteiger partial charge in [0.1, 0.15) is 12.6 Å². The fraction of sp³-hybridized carbons (Fsp3) is 0.111. The minimum Gasteiger partial charge on any atom is -0.366 e. The summed E-state index contributed by atoms with van der Waals surface area (Å²) in [6.07, 6.45) is 0. The molecule has 1 heterocycles. The molecule has 1 aliphatic rings. The van der Waals surface area contributed by atoms with Gasteiger partial charge in [0.25, 0.3) is 11.8 Å². The lowest BCUT2D eigenvalue weighted by Gasteiger charge is -2.14. The molecule has 8 nitrogen and oxygen atoms in total. The van der Waals surface area contributed by atoms with Gasteiger partial charge in [-0.2, -0.15) is 0 Å². The number of hydrogen-bond donors (Lipinski definition) is 3. The largest absolute Gasteiger partial charge is 0.366 e. The number of urea groups is 1. The van der Waals surface area contributed by atoms with Crippen molar-refractivity contribution in [3.8, 4) is 0 Å². The minimum absolute atomic E-state index is 0.139. The fourth-order valence-electron chi connectivity index (χ4n) is 2.68. The van der Waals surface area contributed by atoms with Crippen LogP contribution in [0.3, 0.4) is 0 Å². The van der Waals surface area contributed by atoms with Crippen molar-refractivity contribution in [2.24, 2.45) is 5.73 Å². The Morgan fingerprint density at radius 3 is 2.38 bits per heavy atom. The van der Waals surface area contributed by atoms with E-state index >= 15 is 0 Å². The number of rotatable bonds is 5. The lowest BCUT2D eigenvalue weighted by Crippen LogP contribution is -2.38. The molecule has 0 bridgehead atoms. The normalized spacial score (nSPS) is 16.3. The van der Waals surface area contributed by atoms with E-state index in [0.29, 0.717) is 5.56 Å². The van der Waals surface area contributed by atoms with Crippen molar-refractivity contribution in [1.29, 1.82) is 0 Å². The number of imide groups is 1. The lowest BCUT2D eigenvalue weighted by molar-refractivity contribution is -0.130. The Morgan fingerprint density at radius 2 is 1.69 bits per heavy atom. The Morgan fingerprint density at radius 1 is 1.04 bits per heavy atom. The molecule has 132 valence electrons. The Bertz CT molecular complexity index is 882. The molecule has 26 heavy (non-hydrogen) atoms. The van der Waals surface area contributed by atoms with Gasteiger partial charge in [0.05, 0.1) is 11.3 Å². The zero-order valence-electron chi connectivity index (χ0n) is 13.6. The van der Waals surface area contributed by atoms with Crippen molar-refractivity contribution in [2.75, 3.05) is 11.9 Å². The number of amides is 5. The molecule has 8 heteroatoms. The third-order valence-corrected chi connectivity index (χ3v) is 3.93. The number of anilines is 1. The maximum Gasteiger partial charge on any atom is 0.325 e. The van der Waals surface area contributed by atoms with Crippen LogP contribution in [0.5, 0.6) is 0 Å². The van der Waals surface area contributed by atoms with Crippen LogP contribution in [-0.4, -0.2) is 35.2 Å². The van der Waals surface area contributed by atoms with Gasteiger partial charge < -0.3 is 16.4 Å². The number of benzene rings is 2. The van der Waals surface area contributed by atoms with Gasteiger partial charge in [0.2, 0.25) is 5.91 Å². The van der Waals surface area contributed by atoms with Crippen LogP contribution in [0.1, 0.15) is 22.0 Å². The van der Waals surface area contributed by atoms with Crippen LogP contribution < -0.4 is 16.4 Å². The summed E-state index contributed by atoms with van der Waals surface area (Å²) in [7, 11) is 0. The average molecular weight is 352 g/mol. The van der Waals surface area contributed by atoms with Crippen molar-refractivity contribution in [2.45, 2.75) is 6.04 Å². The van der Waals surface area contributed by atoms with Crippen LogP contribution in [0.15, 0.2) is 54.6 Å². The van der Waals surface area contributed by atoms with Crippen molar-refractivity contribution in [3.05, 3.63) is 65.7 Å². The number of primary amides is 1. The van der Waals surface area contributed by atoms with Gasteiger partial charge in [-0.05, 0) is 17.7 Å².